The average Bonchev–Trinajstić information content (AvgIpc) is 2.85. The number of carboxylic acid groups (broad SMARTS) is 1. The van der Waals surface area contributed by atoms with E-state index in [1.54, 1.807) is 6.07 Å². The first-order valence-corrected chi connectivity index (χ1v) is 7.20. The molecular weight excluding hydrogens is 280 g/mol. The summed E-state index contributed by atoms with van der Waals surface area (Å²) in [6.45, 7) is 2.75. The van der Waals surface area contributed by atoms with Crippen molar-refractivity contribution in [1.82, 2.24) is 10.6 Å². The Morgan fingerprint density at radius 3 is 2.35 bits per heavy atom. The van der Waals surface area contributed by atoms with Gasteiger partial charge in [-0.2, -0.15) is 0 Å². The zero-order valence-corrected chi connectivity index (χ0v) is 12.1. The third-order valence-electron chi connectivity index (χ3n) is 2.51. The summed E-state index contributed by atoms with van der Waals surface area (Å²) in [4.78, 5) is 34.5. The summed E-state index contributed by atoms with van der Waals surface area (Å²) in [5.74, 6) is -1.15. The molecule has 0 aliphatic heterocycles. The molecule has 0 saturated carbocycles. The maximum absolute atomic E-state index is 11.5. The van der Waals surface area contributed by atoms with Crippen LogP contribution in [0.2, 0.25) is 0 Å². The Morgan fingerprint density at radius 1 is 1.15 bits per heavy atom. The van der Waals surface area contributed by atoms with Crippen molar-refractivity contribution in [2.45, 2.75) is 32.7 Å². The van der Waals surface area contributed by atoms with Gasteiger partial charge in [0, 0.05) is 24.3 Å². The molecule has 0 aromatic carbocycles. The lowest BCUT2D eigenvalue weighted by Gasteiger charge is -2.04. The van der Waals surface area contributed by atoms with Crippen LogP contribution < -0.4 is 10.6 Å². The highest BCUT2D eigenvalue weighted by molar-refractivity contribution is 7.13. The lowest BCUT2D eigenvalue weighted by molar-refractivity contribution is -0.122. The largest absolute Gasteiger partial charge is 0.477 e. The van der Waals surface area contributed by atoms with E-state index in [0.717, 1.165) is 16.2 Å². The average molecular weight is 298 g/mol. The van der Waals surface area contributed by atoms with Crippen LogP contribution in [-0.2, 0) is 16.1 Å². The summed E-state index contributed by atoms with van der Waals surface area (Å²) in [5.41, 5.74) is 0. The van der Waals surface area contributed by atoms with E-state index < -0.39 is 5.97 Å². The van der Waals surface area contributed by atoms with Crippen LogP contribution in [-0.4, -0.2) is 29.4 Å². The second kappa shape index (κ2) is 8.31. The summed E-state index contributed by atoms with van der Waals surface area (Å²) in [5, 5.41) is 14.1. The molecule has 1 aromatic rings. The molecule has 0 radical (unpaired) electrons. The number of carboxylic acids is 1. The molecule has 0 unspecified atom stereocenters. The van der Waals surface area contributed by atoms with Crippen LogP contribution in [0.4, 0.5) is 0 Å². The van der Waals surface area contributed by atoms with E-state index in [4.69, 9.17) is 5.11 Å². The summed E-state index contributed by atoms with van der Waals surface area (Å²) < 4.78 is 0. The first-order valence-electron chi connectivity index (χ1n) is 6.38. The van der Waals surface area contributed by atoms with Gasteiger partial charge in [0.2, 0.25) is 11.8 Å². The lowest BCUT2D eigenvalue weighted by Crippen LogP contribution is -2.24. The van der Waals surface area contributed by atoms with Crippen molar-refractivity contribution < 1.29 is 19.5 Å². The van der Waals surface area contributed by atoms with E-state index in [-0.39, 0.29) is 23.1 Å². The summed E-state index contributed by atoms with van der Waals surface area (Å²) >= 11 is 1.14. The number of nitrogens with one attached hydrogen (secondary N) is 2. The Labute approximate surface area is 121 Å². The maximum Gasteiger partial charge on any atom is 0.345 e. The minimum atomic E-state index is -0.963. The molecule has 0 bridgehead atoms. The molecular formula is C13H18N2O4S. The number of carbonyl (C=O) groups excluding carboxylic acids is 2. The molecule has 1 rings (SSSR count). The van der Waals surface area contributed by atoms with Gasteiger partial charge in [0.05, 0.1) is 6.54 Å². The second-order valence-electron chi connectivity index (χ2n) is 4.15. The zero-order chi connectivity index (χ0) is 15.0. The third-order valence-corrected chi connectivity index (χ3v) is 3.59. The highest BCUT2D eigenvalue weighted by Crippen LogP contribution is 2.16. The molecule has 1 heterocycles. The van der Waals surface area contributed by atoms with Crippen molar-refractivity contribution in [2.24, 2.45) is 0 Å². The van der Waals surface area contributed by atoms with Crippen LogP contribution in [0.1, 0.15) is 40.7 Å². The fourth-order valence-electron chi connectivity index (χ4n) is 1.56. The van der Waals surface area contributed by atoms with Crippen molar-refractivity contribution >= 4 is 29.1 Å². The topological polar surface area (TPSA) is 95.5 Å². The number of rotatable bonds is 8. The van der Waals surface area contributed by atoms with Crippen molar-refractivity contribution in [2.75, 3.05) is 6.54 Å². The Kier molecular flexibility index (Phi) is 6.72. The molecule has 0 fully saturated rings. The first kappa shape index (κ1) is 16.2. The predicted octanol–water partition coefficient (Wildman–Crippen LogP) is 1.37. The predicted molar refractivity (Wildman–Crippen MR) is 75.7 cm³/mol. The minimum Gasteiger partial charge on any atom is -0.477 e. The summed E-state index contributed by atoms with van der Waals surface area (Å²) in [7, 11) is 0. The van der Waals surface area contributed by atoms with E-state index in [1.165, 1.54) is 6.07 Å². The van der Waals surface area contributed by atoms with Gasteiger partial charge in [0.25, 0.3) is 0 Å². The number of hydrogen-bond acceptors (Lipinski definition) is 4. The van der Waals surface area contributed by atoms with Crippen LogP contribution in [0.15, 0.2) is 12.1 Å². The summed E-state index contributed by atoms with van der Waals surface area (Å²) in [6, 6.07) is 3.20. The Balaban J connectivity index is 2.22. The normalized spacial score (nSPS) is 10.1. The van der Waals surface area contributed by atoms with Crippen LogP contribution >= 0.6 is 11.3 Å². The molecule has 6 nitrogen and oxygen atoms in total. The third kappa shape index (κ3) is 5.83. The molecule has 0 saturated heterocycles. The Hall–Kier alpha value is -1.89. The molecule has 1 aromatic heterocycles. The number of hydrogen-bond donors (Lipinski definition) is 3. The fraction of sp³-hybridized carbons (Fsp3) is 0.462. The van der Waals surface area contributed by atoms with E-state index >= 15 is 0 Å². The zero-order valence-electron chi connectivity index (χ0n) is 11.3. The van der Waals surface area contributed by atoms with E-state index in [9.17, 15) is 14.4 Å². The SMILES string of the molecule is CCNC(=O)CCCC(=O)NCc1ccc(C(=O)O)s1. The van der Waals surface area contributed by atoms with Crippen molar-refractivity contribution in [1.29, 1.82) is 0 Å². The summed E-state index contributed by atoms with van der Waals surface area (Å²) in [6.07, 6.45) is 1.13. The number of thiophene rings is 1. The Morgan fingerprint density at radius 2 is 1.80 bits per heavy atom. The van der Waals surface area contributed by atoms with Gasteiger partial charge >= 0.3 is 5.97 Å². The monoisotopic (exact) mass is 298 g/mol. The molecule has 3 N–H and O–H groups in total. The molecule has 0 atom stereocenters. The molecule has 7 heteroatoms. The molecule has 110 valence electrons. The van der Waals surface area contributed by atoms with Crippen molar-refractivity contribution in [3.63, 3.8) is 0 Å². The van der Waals surface area contributed by atoms with Crippen molar-refractivity contribution in [3.05, 3.63) is 21.9 Å². The molecule has 0 aliphatic carbocycles. The molecule has 2 amide bonds. The smallest absolute Gasteiger partial charge is 0.345 e. The number of aromatic carboxylic acids is 1. The van der Waals surface area contributed by atoms with Gasteiger partial charge in [-0.1, -0.05) is 0 Å². The number of carbonyl (C=O) groups is 3. The van der Waals surface area contributed by atoms with Crippen molar-refractivity contribution in [3.8, 4) is 0 Å². The minimum absolute atomic E-state index is 0.0512. The molecule has 20 heavy (non-hydrogen) atoms. The number of amides is 2. The fourth-order valence-corrected chi connectivity index (χ4v) is 2.34. The maximum atomic E-state index is 11.5. The van der Waals surface area contributed by atoms with Gasteiger partial charge in [0.1, 0.15) is 4.88 Å². The van der Waals surface area contributed by atoms with Gasteiger partial charge in [-0.15, -0.1) is 11.3 Å². The van der Waals surface area contributed by atoms with Crippen LogP contribution in [0, 0.1) is 0 Å². The van der Waals surface area contributed by atoms with Crippen LogP contribution in [0.5, 0.6) is 0 Å². The first-order chi connectivity index (χ1) is 9.52. The standard InChI is InChI=1S/C13H18N2O4S/c1-2-14-11(16)4-3-5-12(17)15-8-9-6-7-10(20-9)13(18)19/h6-7H,2-5,8H2,1H3,(H,14,16)(H,15,17)(H,18,19). The van der Waals surface area contributed by atoms with Gasteiger partial charge in [-0.25, -0.2) is 4.79 Å². The van der Waals surface area contributed by atoms with Crippen LogP contribution in [0.3, 0.4) is 0 Å². The highest BCUT2D eigenvalue weighted by atomic mass is 32.1. The van der Waals surface area contributed by atoms with E-state index in [2.05, 4.69) is 10.6 Å². The van der Waals surface area contributed by atoms with Gasteiger partial charge in [-0.3, -0.25) is 9.59 Å². The van der Waals surface area contributed by atoms with E-state index in [1.807, 2.05) is 6.92 Å². The van der Waals surface area contributed by atoms with Crippen LogP contribution in [0.25, 0.3) is 0 Å². The highest BCUT2D eigenvalue weighted by Gasteiger charge is 2.08. The Bertz CT molecular complexity index is 484. The van der Waals surface area contributed by atoms with Gasteiger partial charge in [0.15, 0.2) is 0 Å². The quantitative estimate of drug-likeness (QED) is 0.675. The second-order valence-corrected chi connectivity index (χ2v) is 5.32. The molecule has 0 spiro atoms. The lowest BCUT2D eigenvalue weighted by atomic mass is 10.2. The van der Waals surface area contributed by atoms with E-state index in [0.29, 0.717) is 25.9 Å². The molecule has 0 aliphatic rings. The van der Waals surface area contributed by atoms with Gasteiger partial charge in [-0.05, 0) is 25.5 Å². The van der Waals surface area contributed by atoms with Gasteiger partial charge < -0.3 is 15.7 Å².